The molecular weight excluding hydrogens is 250 g/mol. The number of piperidine rings is 1. The summed E-state index contributed by atoms with van der Waals surface area (Å²) in [5.74, 6) is 0.794. The van der Waals surface area contributed by atoms with Crippen molar-refractivity contribution in [3.05, 3.63) is 42.2 Å². The second-order valence-corrected chi connectivity index (χ2v) is 5.39. The second kappa shape index (κ2) is 7.34. The predicted molar refractivity (Wildman–Crippen MR) is 83.1 cm³/mol. The molecule has 0 saturated carbocycles. The molecule has 0 aliphatic carbocycles. The number of rotatable bonds is 6. The van der Waals surface area contributed by atoms with Crippen molar-refractivity contribution < 1.29 is 9.47 Å². The molecule has 0 radical (unpaired) electrons. The van der Waals surface area contributed by atoms with Gasteiger partial charge >= 0.3 is 0 Å². The molecule has 0 spiro atoms. The highest BCUT2D eigenvalue weighted by molar-refractivity contribution is 5.47. The molecule has 0 unspecified atom stereocenters. The highest BCUT2D eigenvalue weighted by Gasteiger charge is 2.19. The maximum Gasteiger partial charge on any atom is 0.0906 e. The Bertz CT molecular complexity index is 419. The Morgan fingerprint density at radius 3 is 2.50 bits per heavy atom. The van der Waals surface area contributed by atoms with Gasteiger partial charge in [-0.15, -0.1) is 0 Å². The van der Waals surface area contributed by atoms with Gasteiger partial charge in [0.05, 0.1) is 25.6 Å². The third-order valence-corrected chi connectivity index (χ3v) is 3.86. The van der Waals surface area contributed by atoms with Crippen LogP contribution in [0.4, 0.5) is 5.69 Å². The summed E-state index contributed by atoms with van der Waals surface area (Å²) in [6.45, 7) is 8.77. The van der Waals surface area contributed by atoms with Crippen molar-refractivity contribution in [1.29, 1.82) is 0 Å². The third kappa shape index (κ3) is 4.27. The second-order valence-electron chi connectivity index (χ2n) is 5.39. The number of methoxy groups -OCH3 is 1. The highest BCUT2D eigenvalue weighted by Crippen LogP contribution is 2.22. The number of ether oxygens (including phenoxy) is 2. The summed E-state index contributed by atoms with van der Waals surface area (Å²) in [5, 5.41) is 0. The molecule has 1 aromatic carbocycles. The summed E-state index contributed by atoms with van der Waals surface area (Å²) < 4.78 is 10.9. The standard InChI is InChI=1S/C17H25NO2/c1-14-4-6-16(7-5-14)18-11-8-17(9-12-18)20-13-10-15(2)19-3/h4-7,17H,2,8-13H2,1,3H3. The molecule has 1 saturated heterocycles. The maximum absolute atomic E-state index is 5.89. The van der Waals surface area contributed by atoms with Crippen LogP contribution < -0.4 is 4.90 Å². The van der Waals surface area contributed by atoms with Crippen molar-refractivity contribution in [3.63, 3.8) is 0 Å². The summed E-state index contributed by atoms with van der Waals surface area (Å²) in [7, 11) is 1.66. The molecular formula is C17H25NO2. The Morgan fingerprint density at radius 1 is 1.25 bits per heavy atom. The van der Waals surface area contributed by atoms with Crippen LogP contribution in [0.25, 0.3) is 0 Å². The van der Waals surface area contributed by atoms with E-state index in [2.05, 4.69) is 42.7 Å². The molecule has 1 aromatic rings. The normalized spacial score (nSPS) is 16.2. The largest absolute Gasteiger partial charge is 0.502 e. The van der Waals surface area contributed by atoms with E-state index in [0.29, 0.717) is 12.7 Å². The van der Waals surface area contributed by atoms with Crippen molar-refractivity contribution in [3.8, 4) is 0 Å². The van der Waals surface area contributed by atoms with Gasteiger partial charge in [-0.1, -0.05) is 24.3 Å². The Morgan fingerprint density at radius 2 is 1.90 bits per heavy atom. The average molecular weight is 275 g/mol. The zero-order valence-corrected chi connectivity index (χ0v) is 12.6. The predicted octanol–water partition coefficient (Wildman–Crippen LogP) is 3.53. The smallest absolute Gasteiger partial charge is 0.0906 e. The van der Waals surface area contributed by atoms with E-state index in [4.69, 9.17) is 9.47 Å². The zero-order chi connectivity index (χ0) is 14.4. The van der Waals surface area contributed by atoms with Crippen LogP contribution in [0.1, 0.15) is 24.8 Å². The lowest BCUT2D eigenvalue weighted by atomic mass is 10.1. The van der Waals surface area contributed by atoms with Crippen LogP contribution in [-0.4, -0.2) is 32.9 Å². The Kier molecular flexibility index (Phi) is 5.48. The fourth-order valence-electron chi connectivity index (χ4n) is 2.48. The van der Waals surface area contributed by atoms with Gasteiger partial charge in [0.15, 0.2) is 0 Å². The minimum Gasteiger partial charge on any atom is -0.502 e. The molecule has 2 rings (SSSR count). The first-order chi connectivity index (χ1) is 9.69. The summed E-state index contributed by atoms with van der Waals surface area (Å²) in [6, 6.07) is 8.76. The number of hydrogen-bond donors (Lipinski definition) is 0. The van der Waals surface area contributed by atoms with Crippen LogP contribution in [0, 0.1) is 6.92 Å². The van der Waals surface area contributed by atoms with Gasteiger partial charge in [0.1, 0.15) is 0 Å². The average Bonchev–Trinajstić information content (AvgIpc) is 2.48. The number of aryl methyl sites for hydroxylation is 1. The molecule has 110 valence electrons. The molecule has 0 bridgehead atoms. The molecule has 1 fully saturated rings. The van der Waals surface area contributed by atoms with Crippen LogP contribution in [0.5, 0.6) is 0 Å². The number of hydrogen-bond acceptors (Lipinski definition) is 3. The summed E-state index contributed by atoms with van der Waals surface area (Å²) in [6.07, 6.45) is 3.34. The van der Waals surface area contributed by atoms with Crippen molar-refractivity contribution >= 4 is 5.69 Å². The summed E-state index contributed by atoms with van der Waals surface area (Å²) in [5.41, 5.74) is 2.63. The fraction of sp³-hybridized carbons (Fsp3) is 0.529. The lowest BCUT2D eigenvalue weighted by molar-refractivity contribution is 0.0341. The molecule has 3 nitrogen and oxygen atoms in total. The van der Waals surface area contributed by atoms with Gasteiger partial charge < -0.3 is 14.4 Å². The molecule has 1 aliphatic heterocycles. The lowest BCUT2D eigenvalue weighted by Crippen LogP contribution is -2.37. The van der Waals surface area contributed by atoms with E-state index < -0.39 is 0 Å². The van der Waals surface area contributed by atoms with Crippen LogP contribution >= 0.6 is 0 Å². The van der Waals surface area contributed by atoms with E-state index in [9.17, 15) is 0 Å². The lowest BCUT2D eigenvalue weighted by Gasteiger charge is -2.33. The van der Waals surface area contributed by atoms with Crippen LogP contribution in [0.3, 0.4) is 0 Å². The van der Waals surface area contributed by atoms with Gasteiger partial charge in [-0.2, -0.15) is 0 Å². The molecule has 3 heteroatoms. The minimum absolute atomic E-state index is 0.376. The van der Waals surface area contributed by atoms with Crippen molar-refractivity contribution in [2.45, 2.75) is 32.3 Å². The number of anilines is 1. The van der Waals surface area contributed by atoms with Gasteiger partial charge in [0.2, 0.25) is 0 Å². The van der Waals surface area contributed by atoms with E-state index in [1.807, 2.05) is 0 Å². The molecule has 1 heterocycles. The maximum atomic E-state index is 5.89. The fourth-order valence-corrected chi connectivity index (χ4v) is 2.48. The Labute approximate surface area is 122 Å². The summed E-state index contributed by atoms with van der Waals surface area (Å²) in [4.78, 5) is 2.44. The van der Waals surface area contributed by atoms with E-state index in [1.54, 1.807) is 7.11 Å². The highest BCUT2D eigenvalue weighted by atomic mass is 16.5. The molecule has 0 amide bonds. The monoisotopic (exact) mass is 275 g/mol. The van der Waals surface area contributed by atoms with Gasteiger partial charge in [-0.3, -0.25) is 0 Å². The van der Waals surface area contributed by atoms with Gasteiger partial charge in [0.25, 0.3) is 0 Å². The molecule has 0 N–H and O–H groups in total. The first-order valence-electron chi connectivity index (χ1n) is 7.34. The summed E-state index contributed by atoms with van der Waals surface area (Å²) >= 11 is 0. The van der Waals surface area contributed by atoms with Crippen molar-refractivity contribution in [2.75, 3.05) is 31.7 Å². The first-order valence-corrected chi connectivity index (χ1v) is 7.34. The Balaban J connectivity index is 1.72. The Hall–Kier alpha value is -1.48. The van der Waals surface area contributed by atoms with E-state index in [0.717, 1.165) is 38.1 Å². The van der Waals surface area contributed by atoms with Crippen molar-refractivity contribution in [1.82, 2.24) is 0 Å². The van der Waals surface area contributed by atoms with Crippen LogP contribution in [0.15, 0.2) is 36.6 Å². The van der Waals surface area contributed by atoms with E-state index >= 15 is 0 Å². The third-order valence-electron chi connectivity index (χ3n) is 3.86. The molecule has 0 atom stereocenters. The first kappa shape index (κ1) is 14.9. The quantitative estimate of drug-likeness (QED) is 0.741. The zero-order valence-electron chi connectivity index (χ0n) is 12.6. The number of nitrogens with zero attached hydrogens (tertiary/aromatic N) is 1. The molecule has 1 aliphatic rings. The van der Waals surface area contributed by atoms with Gasteiger partial charge in [0, 0.05) is 25.2 Å². The minimum atomic E-state index is 0.376. The molecule has 0 aromatic heterocycles. The molecule has 20 heavy (non-hydrogen) atoms. The van der Waals surface area contributed by atoms with Crippen LogP contribution in [-0.2, 0) is 9.47 Å². The number of benzene rings is 1. The van der Waals surface area contributed by atoms with Crippen molar-refractivity contribution in [2.24, 2.45) is 0 Å². The van der Waals surface area contributed by atoms with Gasteiger partial charge in [-0.25, -0.2) is 0 Å². The van der Waals surface area contributed by atoms with Crippen LogP contribution in [0.2, 0.25) is 0 Å². The topological polar surface area (TPSA) is 21.7 Å². The van der Waals surface area contributed by atoms with Gasteiger partial charge in [-0.05, 0) is 31.9 Å². The van der Waals surface area contributed by atoms with E-state index in [-0.39, 0.29) is 0 Å². The SMILES string of the molecule is C=C(CCOC1CCN(c2ccc(C)cc2)CC1)OC. The van der Waals surface area contributed by atoms with E-state index in [1.165, 1.54) is 11.3 Å².